The molecule has 1 aromatic carbocycles. The van der Waals surface area contributed by atoms with Gasteiger partial charge < -0.3 is 11.1 Å². The second kappa shape index (κ2) is 5.23. The Morgan fingerprint density at radius 3 is 2.71 bits per heavy atom. The van der Waals surface area contributed by atoms with Gasteiger partial charge in [0.15, 0.2) is 0 Å². The number of anilines is 2. The maximum Gasteiger partial charge on any atom is 0.349 e. The molecular formula is C13H10Cl2N5O+. The van der Waals surface area contributed by atoms with Crippen LogP contribution in [0.4, 0.5) is 11.6 Å². The van der Waals surface area contributed by atoms with Gasteiger partial charge in [0, 0.05) is 0 Å². The summed E-state index contributed by atoms with van der Waals surface area (Å²) in [5, 5.41) is 3.97. The van der Waals surface area contributed by atoms with E-state index >= 15 is 0 Å². The van der Waals surface area contributed by atoms with Gasteiger partial charge in [-0.1, -0.05) is 29.3 Å². The number of benzene rings is 1. The fraction of sp³-hybridized carbons (Fsp3) is 0. The molecule has 0 bridgehead atoms. The molecule has 5 N–H and O–H groups in total. The predicted octanol–water partition coefficient (Wildman–Crippen LogP) is 2.53. The molecule has 3 rings (SSSR count). The lowest BCUT2D eigenvalue weighted by Gasteiger charge is -2.04. The van der Waals surface area contributed by atoms with Crippen LogP contribution in [0, 0.1) is 0 Å². The first kappa shape index (κ1) is 13.7. The van der Waals surface area contributed by atoms with Crippen molar-refractivity contribution in [1.29, 1.82) is 0 Å². The molecule has 2 aromatic heterocycles. The van der Waals surface area contributed by atoms with Crippen molar-refractivity contribution in [2.24, 2.45) is 5.73 Å². The minimum Gasteiger partial charge on any atom is -0.365 e. The molecule has 0 fully saturated rings. The molecule has 0 aliphatic carbocycles. The molecule has 0 radical (unpaired) electrons. The van der Waals surface area contributed by atoms with Crippen LogP contribution in [0.5, 0.6) is 0 Å². The summed E-state index contributed by atoms with van der Waals surface area (Å²) in [6.07, 6.45) is 1.50. The number of nitrogens with zero attached hydrogens (tertiary/aromatic N) is 1. The van der Waals surface area contributed by atoms with Crippen molar-refractivity contribution in [3.05, 3.63) is 46.1 Å². The van der Waals surface area contributed by atoms with Crippen molar-refractivity contribution in [3.8, 4) is 0 Å². The van der Waals surface area contributed by atoms with E-state index in [-0.39, 0.29) is 0 Å². The molecule has 2 heterocycles. The van der Waals surface area contributed by atoms with Crippen LogP contribution in [0.25, 0.3) is 11.2 Å². The molecule has 0 atom stereocenters. The SMILES string of the molecule is NC(=O)c1c[nH+]c2nc(Nc3c(Cl)cccc3Cl)[nH]c2c1. The molecule has 0 saturated carbocycles. The third kappa shape index (κ3) is 2.63. The number of carbonyl (C=O) groups is 1. The van der Waals surface area contributed by atoms with Crippen molar-refractivity contribution >= 4 is 51.9 Å². The van der Waals surface area contributed by atoms with E-state index in [4.69, 9.17) is 28.9 Å². The normalized spacial score (nSPS) is 10.8. The van der Waals surface area contributed by atoms with Crippen LogP contribution in [-0.2, 0) is 0 Å². The molecule has 0 aliphatic rings. The van der Waals surface area contributed by atoms with E-state index in [2.05, 4.69) is 20.3 Å². The van der Waals surface area contributed by atoms with Crippen LogP contribution >= 0.6 is 23.2 Å². The highest BCUT2D eigenvalue weighted by Crippen LogP contribution is 2.31. The van der Waals surface area contributed by atoms with Crippen molar-refractivity contribution < 1.29 is 9.78 Å². The quantitative estimate of drug-likeness (QED) is 0.691. The van der Waals surface area contributed by atoms with Crippen LogP contribution < -0.4 is 16.0 Å². The minimum atomic E-state index is -0.522. The lowest BCUT2D eigenvalue weighted by Crippen LogP contribution is -2.15. The number of amides is 1. The Hall–Kier alpha value is -2.31. The van der Waals surface area contributed by atoms with Crippen LogP contribution in [0.2, 0.25) is 10.0 Å². The van der Waals surface area contributed by atoms with Gasteiger partial charge in [0.25, 0.3) is 5.91 Å². The van der Waals surface area contributed by atoms with E-state index in [1.165, 1.54) is 6.20 Å². The van der Waals surface area contributed by atoms with E-state index in [0.29, 0.717) is 38.4 Å². The zero-order valence-corrected chi connectivity index (χ0v) is 12.1. The number of hydrogen-bond donors (Lipinski definition) is 3. The fourth-order valence-electron chi connectivity index (χ4n) is 1.88. The number of carbonyl (C=O) groups excluding carboxylic acids is 1. The lowest BCUT2D eigenvalue weighted by molar-refractivity contribution is -0.347. The number of para-hydroxylation sites is 1. The van der Waals surface area contributed by atoms with E-state index in [0.717, 1.165) is 0 Å². The molecule has 0 saturated heterocycles. The van der Waals surface area contributed by atoms with Gasteiger partial charge in [-0.15, -0.1) is 0 Å². The van der Waals surface area contributed by atoms with E-state index in [9.17, 15) is 4.79 Å². The minimum absolute atomic E-state index is 0.355. The zero-order valence-electron chi connectivity index (χ0n) is 10.6. The Morgan fingerprint density at radius 1 is 1.33 bits per heavy atom. The number of aromatic amines is 2. The van der Waals surface area contributed by atoms with E-state index in [1.807, 2.05) is 0 Å². The summed E-state index contributed by atoms with van der Waals surface area (Å²) in [4.78, 5) is 21.4. The summed E-state index contributed by atoms with van der Waals surface area (Å²) in [5.41, 5.74) is 7.35. The Kier molecular flexibility index (Phi) is 3.40. The molecule has 21 heavy (non-hydrogen) atoms. The highest BCUT2D eigenvalue weighted by molar-refractivity contribution is 6.39. The van der Waals surface area contributed by atoms with E-state index < -0.39 is 5.91 Å². The molecule has 106 valence electrons. The molecule has 0 unspecified atom stereocenters. The molecule has 1 amide bonds. The highest BCUT2D eigenvalue weighted by Gasteiger charge is 2.16. The smallest absolute Gasteiger partial charge is 0.349 e. The summed E-state index contributed by atoms with van der Waals surface area (Å²) < 4.78 is 0. The number of aromatic nitrogens is 3. The molecule has 6 nitrogen and oxygen atoms in total. The second-order valence-electron chi connectivity index (χ2n) is 4.32. The Morgan fingerprint density at radius 2 is 2.05 bits per heavy atom. The number of pyridine rings is 1. The van der Waals surface area contributed by atoms with Gasteiger partial charge in [-0.05, 0) is 23.2 Å². The molecule has 0 spiro atoms. The van der Waals surface area contributed by atoms with Gasteiger partial charge in [-0.2, -0.15) is 0 Å². The summed E-state index contributed by atoms with van der Waals surface area (Å²) in [5.74, 6) is -0.0794. The number of rotatable bonds is 3. The van der Waals surface area contributed by atoms with Crippen LogP contribution in [0.1, 0.15) is 10.4 Å². The Balaban J connectivity index is 2.00. The van der Waals surface area contributed by atoms with Gasteiger partial charge in [-0.3, -0.25) is 9.78 Å². The number of imidazole rings is 1. The predicted molar refractivity (Wildman–Crippen MR) is 80.9 cm³/mol. The number of nitrogens with two attached hydrogens (primary N) is 1. The van der Waals surface area contributed by atoms with Crippen molar-refractivity contribution in [2.45, 2.75) is 0 Å². The third-order valence-corrected chi connectivity index (χ3v) is 3.52. The largest absolute Gasteiger partial charge is 0.365 e. The number of H-pyrrole nitrogens is 2. The van der Waals surface area contributed by atoms with Crippen LogP contribution in [0.3, 0.4) is 0 Å². The maximum atomic E-state index is 11.1. The Bertz CT molecular complexity index is 825. The van der Waals surface area contributed by atoms with Crippen LogP contribution in [0.15, 0.2) is 30.5 Å². The average Bonchev–Trinajstić information content (AvgIpc) is 2.84. The van der Waals surface area contributed by atoms with Crippen molar-refractivity contribution in [2.75, 3.05) is 5.32 Å². The van der Waals surface area contributed by atoms with Crippen molar-refractivity contribution in [3.63, 3.8) is 0 Å². The highest BCUT2D eigenvalue weighted by atomic mass is 35.5. The number of nitrogens with one attached hydrogen (secondary N) is 3. The van der Waals surface area contributed by atoms with Gasteiger partial charge in [0.2, 0.25) is 0 Å². The first-order chi connectivity index (χ1) is 10.0. The van der Waals surface area contributed by atoms with Crippen molar-refractivity contribution in [1.82, 2.24) is 9.97 Å². The number of primary amides is 1. The standard InChI is InChI=1S/C13H9Cl2N5O/c14-7-2-1-3-8(15)10(7)19-13-18-9-4-6(11(16)21)5-17-12(9)20-13/h1-5H,(H2,16,21)(H2,17,18,19,20)/p+1. The number of halogens is 2. The second-order valence-corrected chi connectivity index (χ2v) is 5.14. The summed E-state index contributed by atoms with van der Waals surface area (Å²) in [6, 6.07) is 6.80. The van der Waals surface area contributed by atoms with Crippen LogP contribution in [-0.4, -0.2) is 15.9 Å². The maximum absolute atomic E-state index is 11.1. The molecule has 3 aromatic rings. The van der Waals surface area contributed by atoms with Gasteiger partial charge in [0.1, 0.15) is 11.7 Å². The molecule has 0 aliphatic heterocycles. The summed E-state index contributed by atoms with van der Waals surface area (Å²) >= 11 is 12.2. The summed E-state index contributed by atoms with van der Waals surface area (Å²) in [7, 11) is 0. The monoisotopic (exact) mass is 322 g/mol. The first-order valence-electron chi connectivity index (χ1n) is 5.97. The molecule has 8 heteroatoms. The lowest BCUT2D eigenvalue weighted by atomic mass is 10.2. The average molecular weight is 323 g/mol. The third-order valence-electron chi connectivity index (χ3n) is 2.89. The zero-order chi connectivity index (χ0) is 15.0. The Labute approximate surface area is 129 Å². The fourth-order valence-corrected chi connectivity index (χ4v) is 2.37. The van der Waals surface area contributed by atoms with E-state index in [1.54, 1.807) is 24.3 Å². The van der Waals surface area contributed by atoms with Gasteiger partial charge in [-0.25, -0.2) is 4.98 Å². The topological polar surface area (TPSA) is 97.9 Å². The number of hydrogen-bond acceptors (Lipinski definition) is 3. The van der Waals surface area contributed by atoms with Gasteiger partial charge in [0.05, 0.1) is 21.3 Å². The first-order valence-corrected chi connectivity index (χ1v) is 6.72. The number of fused-ring (bicyclic) bond motifs is 1. The summed E-state index contributed by atoms with van der Waals surface area (Å²) in [6.45, 7) is 0. The molecular weight excluding hydrogens is 313 g/mol. The van der Waals surface area contributed by atoms with Gasteiger partial charge >= 0.3 is 11.6 Å².